The Morgan fingerprint density at radius 1 is 1.21 bits per heavy atom. The van der Waals surface area contributed by atoms with E-state index in [0.29, 0.717) is 43.4 Å². The van der Waals surface area contributed by atoms with Gasteiger partial charge in [-0.15, -0.1) is 0 Å². The fraction of sp³-hybridized carbons (Fsp3) is 0.619. The van der Waals surface area contributed by atoms with Crippen molar-refractivity contribution in [2.45, 2.75) is 45.2 Å². The maximum atomic E-state index is 13.4. The molecule has 1 fully saturated rings. The van der Waals surface area contributed by atoms with E-state index in [2.05, 4.69) is 0 Å². The molecular weight excluding hydrogens is 376 g/mol. The third kappa shape index (κ3) is 6.25. The van der Waals surface area contributed by atoms with Crippen LogP contribution < -0.4 is 9.47 Å². The van der Waals surface area contributed by atoms with Crippen LogP contribution in [0.4, 0.5) is 4.79 Å². The van der Waals surface area contributed by atoms with Gasteiger partial charge in [0, 0.05) is 50.9 Å². The second-order valence-electron chi connectivity index (χ2n) is 7.42. The van der Waals surface area contributed by atoms with E-state index in [4.69, 9.17) is 14.2 Å². The summed E-state index contributed by atoms with van der Waals surface area (Å²) in [7, 11) is 3.18. The van der Waals surface area contributed by atoms with Crippen molar-refractivity contribution in [1.29, 1.82) is 0 Å². The summed E-state index contributed by atoms with van der Waals surface area (Å²) in [6.07, 6.45) is 1.30. The SMILES string of the molecule is COCCCOc1cc(OC)cc(C(=O)N(C(C)C)[C@@H]2CCCN(C(=O)O)C2)c1. The number of amides is 2. The molecule has 0 unspecified atom stereocenters. The van der Waals surface area contributed by atoms with Gasteiger partial charge in [-0.3, -0.25) is 4.79 Å². The topological polar surface area (TPSA) is 88.5 Å². The zero-order valence-electron chi connectivity index (χ0n) is 17.7. The zero-order chi connectivity index (χ0) is 21.4. The van der Waals surface area contributed by atoms with Crippen molar-refractivity contribution in [3.05, 3.63) is 23.8 Å². The molecule has 29 heavy (non-hydrogen) atoms. The Bertz CT molecular complexity index is 694. The average molecular weight is 408 g/mol. The fourth-order valence-corrected chi connectivity index (χ4v) is 3.62. The first-order valence-corrected chi connectivity index (χ1v) is 9.98. The summed E-state index contributed by atoms with van der Waals surface area (Å²) in [6, 6.07) is 4.92. The molecule has 2 rings (SSSR count). The van der Waals surface area contributed by atoms with Crippen molar-refractivity contribution in [2.24, 2.45) is 0 Å². The van der Waals surface area contributed by atoms with E-state index in [-0.39, 0.29) is 18.0 Å². The maximum absolute atomic E-state index is 13.4. The van der Waals surface area contributed by atoms with Crippen LogP contribution in [0.2, 0.25) is 0 Å². The monoisotopic (exact) mass is 408 g/mol. The minimum atomic E-state index is -0.945. The van der Waals surface area contributed by atoms with Gasteiger partial charge >= 0.3 is 6.09 Å². The van der Waals surface area contributed by atoms with E-state index in [1.807, 2.05) is 13.8 Å². The molecule has 0 aliphatic carbocycles. The van der Waals surface area contributed by atoms with Crippen molar-refractivity contribution >= 4 is 12.0 Å². The van der Waals surface area contributed by atoms with Crippen molar-refractivity contribution in [3.63, 3.8) is 0 Å². The highest BCUT2D eigenvalue weighted by Crippen LogP contribution is 2.27. The van der Waals surface area contributed by atoms with Crippen LogP contribution in [-0.4, -0.2) is 79.5 Å². The smallest absolute Gasteiger partial charge is 0.407 e. The lowest BCUT2D eigenvalue weighted by molar-refractivity contribution is 0.0449. The van der Waals surface area contributed by atoms with Gasteiger partial charge in [0.2, 0.25) is 0 Å². The van der Waals surface area contributed by atoms with E-state index in [9.17, 15) is 14.7 Å². The normalized spacial score (nSPS) is 16.6. The predicted octanol–water partition coefficient (Wildman–Crippen LogP) is 3.10. The Morgan fingerprint density at radius 2 is 1.93 bits per heavy atom. The van der Waals surface area contributed by atoms with Gasteiger partial charge in [-0.05, 0) is 38.8 Å². The minimum absolute atomic E-state index is 0.0708. The van der Waals surface area contributed by atoms with Crippen molar-refractivity contribution in [1.82, 2.24) is 9.80 Å². The average Bonchev–Trinajstić information content (AvgIpc) is 2.71. The molecule has 1 aliphatic rings. The van der Waals surface area contributed by atoms with E-state index < -0.39 is 6.09 Å². The Kier molecular flexibility index (Phi) is 8.57. The molecule has 2 amide bonds. The molecule has 1 aromatic carbocycles. The number of carboxylic acid groups (broad SMARTS) is 1. The van der Waals surface area contributed by atoms with Gasteiger partial charge in [0.15, 0.2) is 0 Å². The van der Waals surface area contributed by atoms with Crippen LogP contribution in [0.15, 0.2) is 18.2 Å². The third-order valence-electron chi connectivity index (χ3n) is 4.98. The van der Waals surface area contributed by atoms with E-state index >= 15 is 0 Å². The number of piperidine rings is 1. The first-order chi connectivity index (χ1) is 13.9. The van der Waals surface area contributed by atoms with E-state index in [1.165, 1.54) is 4.90 Å². The Hall–Kier alpha value is -2.48. The second-order valence-corrected chi connectivity index (χ2v) is 7.42. The molecule has 8 heteroatoms. The molecule has 1 N–H and O–H groups in total. The molecule has 1 aliphatic heterocycles. The summed E-state index contributed by atoms with van der Waals surface area (Å²) in [5.41, 5.74) is 0.465. The predicted molar refractivity (Wildman–Crippen MR) is 109 cm³/mol. The number of methoxy groups -OCH3 is 2. The van der Waals surface area contributed by atoms with Crippen LogP contribution in [0.5, 0.6) is 11.5 Å². The molecule has 1 saturated heterocycles. The van der Waals surface area contributed by atoms with Crippen LogP contribution in [0.3, 0.4) is 0 Å². The Morgan fingerprint density at radius 3 is 2.55 bits per heavy atom. The number of nitrogens with zero attached hydrogens (tertiary/aromatic N) is 2. The van der Waals surface area contributed by atoms with Gasteiger partial charge in [-0.1, -0.05) is 0 Å². The number of ether oxygens (including phenoxy) is 3. The molecule has 8 nitrogen and oxygen atoms in total. The third-order valence-corrected chi connectivity index (χ3v) is 4.98. The molecule has 0 bridgehead atoms. The quantitative estimate of drug-likeness (QED) is 0.632. The second kappa shape index (κ2) is 10.9. The van der Waals surface area contributed by atoms with E-state index in [0.717, 1.165) is 19.3 Å². The number of rotatable bonds is 9. The van der Waals surface area contributed by atoms with Crippen molar-refractivity contribution in [3.8, 4) is 11.5 Å². The lowest BCUT2D eigenvalue weighted by Crippen LogP contribution is -2.53. The van der Waals surface area contributed by atoms with E-state index in [1.54, 1.807) is 37.3 Å². The molecule has 1 heterocycles. The van der Waals surface area contributed by atoms with Crippen LogP contribution >= 0.6 is 0 Å². The summed E-state index contributed by atoms with van der Waals surface area (Å²) < 4.78 is 16.1. The van der Waals surface area contributed by atoms with Gasteiger partial charge in [0.25, 0.3) is 5.91 Å². The van der Waals surface area contributed by atoms with Gasteiger partial charge < -0.3 is 29.1 Å². The zero-order valence-corrected chi connectivity index (χ0v) is 17.7. The highest BCUT2D eigenvalue weighted by Gasteiger charge is 2.32. The van der Waals surface area contributed by atoms with Gasteiger partial charge in [-0.25, -0.2) is 4.79 Å². The van der Waals surface area contributed by atoms with Gasteiger partial charge in [0.1, 0.15) is 11.5 Å². The molecule has 0 radical (unpaired) electrons. The number of hydrogen-bond acceptors (Lipinski definition) is 5. The van der Waals surface area contributed by atoms with Crippen molar-refractivity contribution in [2.75, 3.05) is 40.5 Å². The molecule has 0 spiro atoms. The number of benzene rings is 1. The number of likely N-dealkylation sites (tertiary alicyclic amines) is 1. The summed E-state index contributed by atoms with van der Waals surface area (Å²) in [6.45, 7) is 5.78. The lowest BCUT2D eigenvalue weighted by atomic mass is 10.0. The highest BCUT2D eigenvalue weighted by molar-refractivity contribution is 5.95. The standard InChI is InChI=1S/C21H32N2O6/c1-15(2)23(17-7-5-8-22(14-17)21(25)26)20(24)16-11-18(28-4)13-19(12-16)29-10-6-9-27-3/h11-13,15,17H,5-10,14H2,1-4H3,(H,25,26)/t17-/m1/s1. The Labute approximate surface area is 172 Å². The number of hydrogen-bond donors (Lipinski definition) is 1. The maximum Gasteiger partial charge on any atom is 0.407 e. The first kappa shape index (κ1) is 22.8. The molecular formula is C21H32N2O6. The number of carbonyl (C=O) groups is 2. The van der Waals surface area contributed by atoms with Gasteiger partial charge in [-0.2, -0.15) is 0 Å². The largest absolute Gasteiger partial charge is 0.497 e. The molecule has 0 saturated carbocycles. The van der Waals surface area contributed by atoms with Crippen LogP contribution in [0, 0.1) is 0 Å². The van der Waals surface area contributed by atoms with Crippen molar-refractivity contribution < 1.29 is 28.9 Å². The number of carbonyl (C=O) groups excluding carboxylic acids is 1. The van der Waals surface area contributed by atoms with Crippen LogP contribution in [0.25, 0.3) is 0 Å². The van der Waals surface area contributed by atoms with Crippen LogP contribution in [0.1, 0.15) is 43.5 Å². The van der Waals surface area contributed by atoms with Gasteiger partial charge in [0.05, 0.1) is 19.8 Å². The highest BCUT2D eigenvalue weighted by atomic mass is 16.5. The Balaban J connectivity index is 2.22. The molecule has 0 aromatic heterocycles. The lowest BCUT2D eigenvalue weighted by Gasteiger charge is -2.40. The fourth-order valence-electron chi connectivity index (χ4n) is 3.62. The first-order valence-electron chi connectivity index (χ1n) is 9.98. The molecule has 1 atom stereocenters. The molecule has 162 valence electrons. The summed E-state index contributed by atoms with van der Waals surface area (Å²) in [5.74, 6) is 0.943. The summed E-state index contributed by atoms with van der Waals surface area (Å²) >= 11 is 0. The molecule has 1 aromatic rings. The van der Waals surface area contributed by atoms with Crippen LogP contribution in [-0.2, 0) is 4.74 Å². The summed E-state index contributed by atoms with van der Waals surface area (Å²) in [4.78, 5) is 27.9. The summed E-state index contributed by atoms with van der Waals surface area (Å²) in [5, 5.41) is 9.34. The minimum Gasteiger partial charge on any atom is -0.497 e.